The number of nitrogens with zero attached hydrogens (tertiary/aromatic N) is 4. The molecule has 0 amide bonds. The Kier molecular flexibility index (Phi) is 12.1. The molecule has 1 radical (unpaired) electrons. The molecule has 9 rings (SSSR count). The molecule has 9 aromatic rings. The molecule has 57 heavy (non-hydrogen) atoms. The van der Waals surface area contributed by atoms with Crippen LogP contribution in [0.5, 0.6) is 0 Å². The molecule has 0 aliphatic carbocycles. The topological polar surface area (TPSA) is 56.7 Å². The van der Waals surface area contributed by atoms with Crippen molar-refractivity contribution in [3.63, 3.8) is 0 Å². The first-order valence-corrected chi connectivity index (χ1v) is 26.8. The minimum absolute atomic E-state index is 0. The van der Waals surface area contributed by atoms with E-state index in [-0.39, 0.29) is 20.1 Å². The van der Waals surface area contributed by atoms with Crippen LogP contribution in [0.2, 0.25) is 17.3 Å². The molecule has 0 N–H and O–H groups in total. The Morgan fingerprint density at radius 3 is 2.30 bits per heavy atom. The predicted octanol–water partition coefficient (Wildman–Crippen LogP) is 12.4. The summed E-state index contributed by atoms with van der Waals surface area (Å²) in [5.74, 6) is 8.86. The summed E-state index contributed by atoms with van der Waals surface area (Å²) in [5.41, 5.74) is 12.1. The summed E-state index contributed by atoms with van der Waals surface area (Å²) in [6, 6.07) is 52.3. The number of benzene rings is 5. The molecule has 0 aliphatic rings. The van der Waals surface area contributed by atoms with Gasteiger partial charge < -0.3 is 8.98 Å². The first-order chi connectivity index (χ1) is 27.2. The van der Waals surface area contributed by atoms with E-state index >= 15 is 0 Å². The standard InChI is InChI=1S/C31H20N3O.C19H26GeN.Ir/c1-20-18-19-24-23-13-9-14-25(29(23)35-31(24)32-20)30-33-26-15-6-8-17-28(26)34(30)27-16-7-5-12-22(27)21-10-3-2-4-11-21;1-6-15(2)12-17-13-19(16-10-8-7-9-11-16)21-14-18(17)20(3,4)5;/h2-13,15-19H,1H3;7-10,13-15H,6,12H2,1-5H3;/q2*-1;. The Balaban J connectivity index is 0.000000195. The largest absolute Gasteiger partial charge is 0.486 e. The van der Waals surface area contributed by atoms with Crippen molar-refractivity contribution < 1.29 is 24.5 Å². The summed E-state index contributed by atoms with van der Waals surface area (Å²) in [4.78, 5) is 14.4. The van der Waals surface area contributed by atoms with Gasteiger partial charge in [-0.15, -0.1) is 18.2 Å². The van der Waals surface area contributed by atoms with Gasteiger partial charge in [0.25, 0.3) is 0 Å². The molecule has 5 nitrogen and oxygen atoms in total. The molecule has 0 saturated heterocycles. The molecule has 4 heterocycles. The number of aromatic nitrogens is 4. The Bertz CT molecular complexity index is 2790. The van der Waals surface area contributed by atoms with E-state index < -0.39 is 13.3 Å². The summed E-state index contributed by atoms with van der Waals surface area (Å²) in [5, 5.41) is 2.00. The van der Waals surface area contributed by atoms with Crippen LogP contribution in [0.15, 0.2) is 144 Å². The van der Waals surface area contributed by atoms with Gasteiger partial charge in [-0.1, -0.05) is 71.6 Å². The second-order valence-electron chi connectivity index (χ2n) is 15.6. The number of fused-ring (bicyclic) bond motifs is 4. The van der Waals surface area contributed by atoms with Gasteiger partial charge in [-0.25, -0.2) is 4.98 Å². The summed E-state index contributed by atoms with van der Waals surface area (Å²) in [6.45, 7) is 6.59. The summed E-state index contributed by atoms with van der Waals surface area (Å²) in [6.07, 6.45) is 4.54. The van der Waals surface area contributed by atoms with Gasteiger partial charge >= 0.3 is 132 Å². The fourth-order valence-corrected chi connectivity index (χ4v) is 10.7. The quantitative estimate of drug-likeness (QED) is 0.112. The van der Waals surface area contributed by atoms with Crippen molar-refractivity contribution >= 4 is 50.8 Å². The molecule has 4 aromatic heterocycles. The summed E-state index contributed by atoms with van der Waals surface area (Å²) < 4.78 is 10.1. The van der Waals surface area contributed by atoms with Gasteiger partial charge in [0.1, 0.15) is 0 Å². The maximum atomic E-state index is 6.32. The number of imidazole rings is 1. The number of furan rings is 1. The van der Waals surface area contributed by atoms with E-state index in [2.05, 4.69) is 138 Å². The third-order valence-electron chi connectivity index (χ3n) is 10.5. The molecular formula is C50H46GeIrN4O-2. The average molecular weight is 984 g/mol. The number of hydrogen-bond donors (Lipinski definition) is 0. The van der Waals surface area contributed by atoms with Crippen LogP contribution >= 0.6 is 0 Å². The Labute approximate surface area is 352 Å². The van der Waals surface area contributed by atoms with E-state index in [1.54, 1.807) is 4.40 Å². The summed E-state index contributed by atoms with van der Waals surface area (Å²) >= 11 is -1.87. The monoisotopic (exact) mass is 985 g/mol. The molecule has 1 unspecified atom stereocenters. The van der Waals surface area contributed by atoms with Crippen LogP contribution in [-0.2, 0) is 26.5 Å². The molecule has 5 aromatic carbocycles. The number of aryl methyl sites for hydroxylation is 1. The van der Waals surface area contributed by atoms with E-state index in [1.165, 1.54) is 12.0 Å². The van der Waals surface area contributed by atoms with E-state index in [1.807, 2.05) is 61.5 Å². The smallest absolute Gasteiger partial charge is 0.216 e. The van der Waals surface area contributed by atoms with Gasteiger partial charge in [-0.2, -0.15) is 0 Å². The first kappa shape index (κ1) is 40.1. The molecule has 287 valence electrons. The van der Waals surface area contributed by atoms with Crippen LogP contribution in [0.3, 0.4) is 0 Å². The van der Waals surface area contributed by atoms with E-state index in [0.717, 1.165) is 84.9 Å². The van der Waals surface area contributed by atoms with Crippen molar-refractivity contribution in [3.05, 3.63) is 163 Å². The van der Waals surface area contributed by atoms with Crippen LogP contribution in [0.1, 0.15) is 31.5 Å². The molecule has 0 saturated carbocycles. The second kappa shape index (κ2) is 17.2. The predicted molar refractivity (Wildman–Crippen MR) is 235 cm³/mol. The first-order valence-electron chi connectivity index (χ1n) is 19.5. The van der Waals surface area contributed by atoms with Gasteiger partial charge in [-0.3, -0.25) is 4.98 Å². The van der Waals surface area contributed by atoms with Crippen molar-refractivity contribution in [1.82, 2.24) is 19.5 Å². The van der Waals surface area contributed by atoms with Gasteiger partial charge in [0, 0.05) is 42.4 Å². The zero-order chi connectivity index (χ0) is 38.8. The maximum absolute atomic E-state index is 6.32. The number of hydrogen-bond acceptors (Lipinski definition) is 4. The Morgan fingerprint density at radius 2 is 1.53 bits per heavy atom. The van der Waals surface area contributed by atoms with Crippen molar-refractivity contribution in [1.29, 1.82) is 0 Å². The minimum atomic E-state index is -1.87. The molecule has 0 spiro atoms. The zero-order valence-electron chi connectivity index (χ0n) is 33.3. The molecule has 0 bridgehead atoms. The van der Waals surface area contributed by atoms with Crippen molar-refractivity contribution in [2.45, 2.75) is 50.9 Å². The van der Waals surface area contributed by atoms with Gasteiger partial charge in [-0.05, 0) is 42.8 Å². The molecule has 0 fully saturated rings. The Morgan fingerprint density at radius 1 is 0.772 bits per heavy atom. The van der Waals surface area contributed by atoms with Crippen molar-refractivity contribution in [2.24, 2.45) is 5.92 Å². The fraction of sp³-hybridized carbons (Fsp3) is 0.180. The molecule has 0 aliphatic heterocycles. The maximum Gasteiger partial charge on any atom is 0.216 e. The normalized spacial score (nSPS) is 12.0. The van der Waals surface area contributed by atoms with E-state index in [9.17, 15) is 0 Å². The summed E-state index contributed by atoms with van der Waals surface area (Å²) in [7, 11) is 0. The third kappa shape index (κ3) is 8.31. The molecular weight excluding hydrogens is 937 g/mol. The number of rotatable bonds is 8. The second-order valence-corrected chi connectivity index (χ2v) is 26.2. The Hall–Kier alpha value is -5.14. The van der Waals surface area contributed by atoms with Crippen LogP contribution in [0.25, 0.3) is 72.6 Å². The average Bonchev–Trinajstić information content (AvgIpc) is 3.79. The van der Waals surface area contributed by atoms with Gasteiger partial charge in [0.05, 0.1) is 22.4 Å². The van der Waals surface area contributed by atoms with Crippen molar-refractivity contribution in [2.75, 3.05) is 0 Å². The fourth-order valence-electron chi connectivity index (χ4n) is 7.41. The van der Waals surface area contributed by atoms with Gasteiger partial charge in [0.15, 0.2) is 0 Å². The SMILES string of the molecule is CCC(C)Cc1cc(-c2[c-]cccc2)nc[c]1[Ge]([CH3])([CH3])[CH3].Cc1ccc2c(n1)oc1c(-c3nc4ccccc4n3-c3ccccc3-c3ccccc3)[c-]ccc12.[Ir]. The van der Waals surface area contributed by atoms with Crippen molar-refractivity contribution in [3.8, 4) is 39.5 Å². The third-order valence-corrected chi connectivity index (χ3v) is 14.8. The zero-order valence-corrected chi connectivity index (χ0v) is 37.8. The van der Waals surface area contributed by atoms with Gasteiger partial charge in [0.2, 0.25) is 5.71 Å². The van der Waals surface area contributed by atoms with E-state index in [4.69, 9.17) is 14.4 Å². The van der Waals surface area contributed by atoms with Crippen LogP contribution < -0.4 is 4.40 Å². The van der Waals surface area contributed by atoms with Crippen LogP contribution in [-0.4, -0.2) is 32.8 Å². The van der Waals surface area contributed by atoms with Crippen LogP contribution in [0, 0.1) is 25.0 Å². The van der Waals surface area contributed by atoms with Crippen LogP contribution in [0.4, 0.5) is 0 Å². The molecule has 1 atom stereocenters. The number of pyridine rings is 2. The minimum Gasteiger partial charge on any atom is -0.486 e. The molecule has 7 heteroatoms. The van der Waals surface area contributed by atoms with E-state index in [0.29, 0.717) is 5.71 Å². The number of para-hydroxylation sites is 3.